The van der Waals surface area contributed by atoms with Crippen molar-refractivity contribution in [3.8, 4) is 11.1 Å². The minimum atomic E-state index is -0.757. The molecule has 37 heavy (non-hydrogen) atoms. The van der Waals surface area contributed by atoms with Crippen molar-refractivity contribution in [2.45, 2.75) is 58.4 Å². The van der Waals surface area contributed by atoms with E-state index in [9.17, 15) is 9.18 Å². The number of nitrogens with one attached hydrogen (secondary N) is 1. The number of amides is 1. The summed E-state index contributed by atoms with van der Waals surface area (Å²) in [4.78, 5) is 30.8. The number of benzene rings is 1. The number of carbonyl (C=O) groups is 1. The zero-order valence-corrected chi connectivity index (χ0v) is 22.5. The molecule has 3 aromatic rings. The highest BCUT2D eigenvalue weighted by atomic mass is 35.5. The Morgan fingerprint density at radius 1 is 1.11 bits per heavy atom. The van der Waals surface area contributed by atoms with Crippen LogP contribution in [0, 0.1) is 5.82 Å². The van der Waals surface area contributed by atoms with Gasteiger partial charge in [0.1, 0.15) is 18.5 Å². The maximum atomic E-state index is 14.8. The molecule has 3 heterocycles. The molecule has 3 atom stereocenters. The minimum absolute atomic E-state index is 0.0533. The number of anilines is 2. The first-order valence-electron chi connectivity index (χ1n) is 11.6. The Morgan fingerprint density at radius 2 is 1.81 bits per heavy atom. The van der Waals surface area contributed by atoms with Crippen LogP contribution in [0.25, 0.3) is 11.1 Å². The van der Waals surface area contributed by atoms with Gasteiger partial charge in [0.25, 0.3) is 0 Å². The van der Waals surface area contributed by atoms with Crippen molar-refractivity contribution in [3.63, 3.8) is 0 Å². The highest BCUT2D eigenvalue weighted by Crippen LogP contribution is 2.30. The molecule has 1 N–H and O–H groups in total. The topological polar surface area (TPSA) is 102 Å². The van der Waals surface area contributed by atoms with E-state index >= 15 is 0 Å². The summed E-state index contributed by atoms with van der Waals surface area (Å²) in [5, 5.41) is 3.96. The average molecular weight is 549 g/mol. The Morgan fingerprint density at radius 3 is 2.46 bits per heavy atom. The molecule has 0 saturated carbocycles. The van der Waals surface area contributed by atoms with Crippen molar-refractivity contribution in [1.29, 1.82) is 0 Å². The summed E-state index contributed by atoms with van der Waals surface area (Å²) in [6.07, 6.45) is 3.20. The third kappa shape index (κ3) is 6.26. The molecule has 0 bridgehead atoms. The molecule has 196 valence electrons. The number of hydrogen-bond donors (Lipinski definition) is 1. The highest BCUT2D eigenvalue weighted by Gasteiger charge is 2.41. The van der Waals surface area contributed by atoms with Crippen LogP contribution >= 0.6 is 23.2 Å². The molecule has 1 saturated heterocycles. The van der Waals surface area contributed by atoms with Gasteiger partial charge in [0, 0.05) is 18.0 Å². The molecular weight excluding hydrogens is 522 g/mol. The van der Waals surface area contributed by atoms with Gasteiger partial charge in [-0.25, -0.2) is 29.0 Å². The van der Waals surface area contributed by atoms with Gasteiger partial charge in [-0.3, -0.25) is 0 Å². The Balaban J connectivity index is 1.52. The first kappa shape index (κ1) is 27.0. The highest BCUT2D eigenvalue weighted by molar-refractivity contribution is 6.42. The van der Waals surface area contributed by atoms with Crippen LogP contribution in [0.3, 0.4) is 0 Å². The molecule has 1 unspecified atom stereocenters. The predicted molar refractivity (Wildman–Crippen MR) is 139 cm³/mol. The van der Waals surface area contributed by atoms with Gasteiger partial charge >= 0.3 is 6.09 Å². The van der Waals surface area contributed by atoms with Crippen molar-refractivity contribution in [1.82, 2.24) is 19.9 Å². The van der Waals surface area contributed by atoms with Crippen molar-refractivity contribution in [2.24, 2.45) is 0 Å². The Hall–Kier alpha value is -3.08. The van der Waals surface area contributed by atoms with Crippen LogP contribution in [-0.4, -0.2) is 50.4 Å². The molecule has 9 nitrogen and oxygen atoms in total. The van der Waals surface area contributed by atoms with Crippen molar-refractivity contribution in [2.75, 3.05) is 16.8 Å². The van der Waals surface area contributed by atoms with Crippen LogP contribution in [0.1, 0.15) is 46.5 Å². The molecule has 4 rings (SSSR count). The van der Waals surface area contributed by atoms with E-state index in [-0.39, 0.29) is 18.4 Å². The van der Waals surface area contributed by atoms with Gasteiger partial charge in [0.05, 0.1) is 34.0 Å². The quantitative estimate of drug-likeness (QED) is 0.378. The average Bonchev–Trinajstić information content (AvgIpc) is 3.22. The lowest BCUT2D eigenvalue weighted by atomic mass is 10.1. The summed E-state index contributed by atoms with van der Waals surface area (Å²) in [5.41, 5.74) is 1.13. The van der Waals surface area contributed by atoms with E-state index < -0.39 is 35.7 Å². The minimum Gasteiger partial charge on any atom is -0.447 e. The number of hydrogen-bond acceptors (Lipinski definition) is 8. The SMILES string of the molecule is CC(Nc1ncc(F)c(N2C(=O)OC[C@@H]2[C@@H](C)OC(C)(C)C)n1)c1ncc(-c2ccc(Cl)c(Cl)c2)cn1. The lowest BCUT2D eigenvalue weighted by molar-refractivity contribution is -0.0618. The lowest BCUT2D eigenvalue weighted by Crippen LogP contribution is -2.45. The number of rotatable bonds is 7. The number of aromatic nitrogens is 4. The van der Waals surface area contributed by atoms with Gasteiger partial charge in [-0.05, 0) is 52.3 Å². The summed E-state index contributed by atoms with van der Waals surface area (Å²) in [5.74, 6) is -0.391. The second kappa shape index (κ2) is 10.7. The fourth-order valence-electron chi connectivity index (χ4n) is 3.90. The largest absolute Gasteiger partial charge is 0.447 e. The third-order valence-corrected chi connectivity index (χ3v) is 6.34. The van der Waals surface area contributed by atoms with Crippen molar-refractivity contribution in [3.05, 3.63) is 58.5 Å². The Kier molecular flexibility index (Phi) is 7.82. The monoisotopic (exact) mass is 548 g/mol. The molecule has 1 amide bonds. The van der Waals surface area contributed by atoms with Gasteiger partial charge in [0.2, 0.25) is 5.95 Å². The summed E-state index contributed by atoms with van der Waals surface area (Å²) in [6.45, 7) is 9.38. The van der Waals surface area contributed by atoms with E-state index in [0.717, 1.165) is 17.3 Å². The maximum absolute atomic E-state index is 14.8. The predicted octanol–water partition coefficient (Wildman–Crippen LogP) is 6.08. The van der Waals surface area contributed by atoms with Crippen LogP contribution in [0.5, 0.6) is 0 Å². The van der Waals surface area contributed by atoms with Crippen LogP contribution in [0.4, 0.5) is 21.0 Å². The molecule has 1 fully saturated rings. The number of halogens is 3. The second-order valence-corrected chi connectivity index (χ2v) is 10.5. The molecular formula is C25H27Cl2FN6O3. The fraction of sp³-hybridized carbons (Fsp3) is 0.400. The molecule has 0 spiro atoms. The van der Waals surface area contributed by atoms with Crippen molar-refractivity contribution >= 4 is 41.1 Å². The van der Waals surface area contributed by atoms with Crippen molar-refractivity contribution < 1.29 is 18.7 Å². The van der Waals surface area contributed by atoms with E-state index in [4.69, 9.17) is 32.7 Å². The van der Waals surface area contributed by atoms with E-state index in [1.165, 1.54) is 4.90 Å². The smallest absolute Gasteiger partial charge is 0.416 e. The maximum Gasteiger partial charge on any atom is 0.416 e. The normalized spacial score (nSPS) is 17.5. The molecule has 1 aliphatic heterocycles. The second-order valence-electron chi connectivity index (χ2n) is 9.64. The van der Waals surface area contributed by atoms with Crippen LogP contribution in [-0.2, 0) is 9.47 Å². The molecule has 12 heteroatoms. The summed E-state index contributed by atoms with van der Waals surface area (Å²) >= 11 is 12.1. The van der Waals surface area contributed by atoms with Crippen LogP contribution < -0.4 is 10.2 Å². The van der Waals surface area contributed by atoms with Gasteiger partial charge < -0.3 is 14.8 Å². The van der Waals surface area contributed by atoms with Gasteiger partial charge in [-0.2, -0.15) is 4.98 Å². The molecule has 0 aliphatic carbocycles. The zero-order valence-electron chi connectivity index (χ0n) is 21.0. The first-order valence-corrected chi connectivity index (χ1v) is 12.4. The molecule has 1 aromatic carbocycles. The van der Waals surface area contributed by atoms with Gasteiger partial charge in [-0.1, -0.05) is 29.3 Å². The number of ether oxygens (including phenoxy) is 2. The van der Waals surface area contributed by atoms with E-state index in [1.54, 1.807) is 24.5 Å². The first-order chi connectivity index (χ1) is 17.4. The van der Waals surface area contributed by atoms with E-state index in [0.29, 0.717) is 15.9 Å². The van der Waals surface area contributed by atoms with Crippen LogP contribution in [0.15, 0.2) is 36.8 Å². The molecule has 0 radical (unpaired) electrons. The van der Waals surface area contributed by atoms with Gasteiger partial charge in [-0.15, -0.1) is 0 Å². The fourth-order valence-corrected chi connectivity index (χ4v) is 4.20. The molecule has 1 aliphatic rings. The zero-order chi connectivity index (χ0) is 26.9. The Labute approximate surface area is 224 Å². The summed E-state index contributed by atoms with van der Waals surface area (Å²) < 4.78 is 26.0. The molecule has 2 aromatic heterocycles. The van der Waals surface area contributed by atoms with Gasteiger partial charge in [0.15, 0.2) is 11.6 Å². The lowest BCUT2D eigenvalue weighted by Gasteiger charge is -2.31. The van der Waals surface area contributed by atoms with E-state index in [1.807, 2.05) is 40.7 Å². The van der Waals surface area contributed by atoms with E-state index in [2.05, 4.69) is 25.3 Å². The number of nitrogens with zero attached hydrogens (tertiary/aromatic N) is 5. The standard InChI is InChI=1S/C25H27Cl2FN6O3/c1-13(21-29-9-16(10-30-21)15-6-7-17(26)18(27)8-15)32-23-31-11-19(28)22(33-23)34-20(12-36-24(34)35)14(2)37-25(3,4)5/h6-11,13-14,20H,12H2,1-5H3,(H,31,32,33)/t13?,14-,20-/m1/s1. The number of carbonyl (C=O) groups excluding carboxylic acids is 1. The number of cyclic esters (lactones) is 1. The van der Waals surface area contributed by atoms with Crippen LogP contribution in [0.2, 0.25) is 10.0 Å². The third-order valence-electron chi connectivity index (χ3n) is 5.60. The summed E-state index contributed by atoms with van der Waals surface area (Å²) in [6, 6.07) is 4.29. The summed E-state index contributed by atoms with van der Waals surface area (Å²) in [7, 11) is 0. The Bertz CT molecular complexity index is 1290.